The normalized spacial score (nSPS) is 13.4. The standard InChI is InChI=1S/C52H58N4O6.C34H34Br2N2O2.C26H35O2P.C9H14BNO4.CH4/c1-49(2,3)33-27-35(45(59-13)37(29-33)41-17-15-25-55(41)47(57)61-51(7,8)9)39-23-21-31-19-20-32-22-24-40(54-44(32)43(31)53-39)36-28-34(50(4,5)6)30-38(46(36)60-14)42-18-16-26-56(42)48(58)62-52(10,11)12;1-33(2,3)21-15-23(31(39-7)25(35)17-21)27-13-11-19-9-10-20-12-14-28(38-30(20)29(19)37-27)24-16-22(34(4,5)6)18-26(36)32(24)40-8;1-27-23-17-11-18-24(28-2)26(23)22-16-9-10-19-25(22)29(20-12-5-3-6-13-20)21-14-7-4-8-15-21;1-9(2,3)15-8(12)11-6-4-5-7(11)10(13)14;/h15-30H,1-14H3;9-18H,1-8H3;9-11,16-21H,3-8,12-15H2,1-2H3;4-6,13-14H,1-3H3;1H4. The Kier molecular flexibility index (Phi) is 35.0. The van der Waals surface area contributed by atoms with E-state index in [1.54, 1.807) is 87.2 Å². The number of ether oxygens (including phenoxy) is 9. The number of pyridine rings is 4. The molecule has 0 spiro atoms. The summed E-state index contributed by atoms with van der Waals surface area (Å²) in [6.45, 7) is 42.5. The largest absolute Gasteiger partial charge is 0.506 e. The van der Waals surface area contributed by atoms with Gasteiger partial charge in [-0.15, -0.1) is 0 Å². The number of nitrogens with zero attached hydrogens (tertiary/aromatic N) is 7. The zero-order valence-corrected chi connectivity index (χ0v) is 93.8. The van der Waals surface area contributed by atoms with Crippen LogP contribution in [0.3, 0.4) is 0 Å². The second-order valence-corrected chi connectivity index (χ2v) is 49.1. The first-order chi connectivity index (χ1) is 68.9. The highest BCUT2D eigenvalue weighted by molar-refractivity contribution is 9.11. The molecule has 774 valence electrons. The molecule has 0 amide bonds. The third-order valence-corrected chi connectivity index (χ3v) is 31.1. The minimum absolute atomic E-state index is 0. The van der Waals surface area contributed by atoms with Crippen LogP contribution in [0.2, 0.25) is 0 Å². The first-order valence-electron chi connectivity index (χ1n) is 50.2. The first-order valence-corrected chi connectivity index (χ1v) is 53.3. The lowest BCUT2D eigenvalue weighted by Gasteiger charge is -2.39. The molecule has 0 atom stereocenters. The van der Waals surface area contributed by atoms with Crippen molar-refractivity contribution < 1.29 is 67.1 Å². The third-order valence-electron chi connectivity index (χ3n) is 26.4. The van der Waals surface area contributed by atoms with E-state index in [9.17, 15) is 14.4 Å². The summed E-state index contributed by atoms with van der Waals surface area (Å²) >= 11 is 7.46. The summed E-state index contributed by atoms with van der Waals surface area (Å²) in [6.07, 6.45) is 17.4. The minimum atomic E-state index is -1.69. The zero-order valence-electron chi connectivity index (χ0n) is 89.7. The van der Waals surface area contributed by atoms with Crippen LogP contribution < -0.4 is 39.3 Å². The molecule has 0 unspecified atom stereocenters. The Morgan fingerprint density at radius 1 is 0.333 bits per heavy atom. The second-order valence-electron chi connectivity index (χ2n) is 44.7. The molecule has 2 aliphatic rings. The summed E-state index contributed by atoms with van der Waals surface area (Å²) < 4.78 is 58.3. The molecular weight excluding hydrogens is 1990 g/mol. The summed E-state index contributed by atoms with van der Waals surface area (Å²) in [5.74, 6) is 4.52. The van der Waals surface area contributed by atoms with E-state index in [-0.39, 0.29) is 42.6 Å². The Bertz CT molecular complexity index is 6920. The molecule has 21 nitrogen and oxygen atoms in total. The van der Waals surface area contributed by atoms with Gasteiger partial charge >= 0.3 is 25.4 Å². The zero-order chi connectivity index (χ0) is 106. The number of rotatable bonds is 17. The number of aromatic nitrogens is 7. The molecule has 2 N–H and O–H groups in total. The number of halogens is 2. The Hall–Kier alpha value is -12.2. The molecule has 0 aliphatic heterocycles. The first kappa shape index (κ1) is 112. The maximum atomic E-state index is 13.5. The Balaban J connectivity index is 0.000000181. The van der Waals surface area contributed by atoms with Gasteiger partial charge in [0.25, 0.3) is 0 Å². The van der Waals surface area contributed by atoms with Crippen LogP contribution in [0.25, 0.3) is 122 Å². The molecule has 2 fully saturated rings. The summed E-state index contributed by atoms with van der Waals surface area (Å²) in [6, 6.07) is 67.6. The van der Waals surface area contributed by atoms with Gasteiger partial charge in [-0.05, 0) is 307 Å². The average Bonchev–Trinajstić information content (AvgIpc) is 1.08. The van der Waals surface area contributed by atoms with Gasteiger partial charge in [-0.25, -0.2) is 34.3 Å². The second kappa shape index (κ2) is 45.9. The summed E-state index contributed by atoms with van der Waals surface area (Å²) in [4.78, 5) is 59.6. The van der Waals surface area contributed by atoms with Crippen LogP contribution in [0.5, 0.6) is 34.5 Å². The monoisotopic (exact) mass is 2130 g/mol. The Morgan fingerprint density at radius 2 is 0.626 bits per heavy atom. The smallest absolute Gasteiger partial charge is 0.496 e. The van der Waals surface area contributed by atoms with Gasteiger partial charge in [0.2, 0.25) is 0 Å². The average molecular weight is 2140 g/mol. The van der Waals surface area contributed by atoms with Crippen molar-refractivity contribution in [1.82, 2.24) is 33.6 Å². The minimum Gasteiger partial charge on any atom is -0.496 e. The van der Waals surface area contributed by atoms with Crippen LogP contribution in [0.15, 0.2) is 228 Å². The van der Waals surface area contributed by atoms with E-state index in [2.05, 4.69) is 261 Å². The van der Waals surface area contributed by atoms with Crippen LogP contribution in [0.1, 0.15) is 239 Å². The molecule has 0 radical (unpaired) electrons. The predicted molar refractivity (Wildman–Crippen MR) is 610 cm³/mol. The maximum Gasteiger partial charge on any atom is 0.506 e. The number of benzene rings is 8. The number of fused-ring (bicyclic) bond motifs is 6. The van der Waals surface area contributed by atoms with Crippen molar-refractivity contribution in [2.24, 2.45) is 0 Å². The topological polar surface area (TPSA) is 241 Å². The van der Waals surface area contributed by atoms with Crippen LogP contribution in [-0.4, -0.2) is 140 Å². The van der Waals surface area contributed by atoms with Crippen molar-refractivity contribution >= 4 is 120 Å². The van der Waals surface area contributed by atoms with Gasteiger partial charge in [-0.1, -0.05) is 216 Å². The molecule has 7 aromatic heterocycles. The van der Waals surface area contributed by atoms with Gasteiger partial charge in [0.15, 0.2) is 0 Å². The fourth-order valence-corrected chi connectivity index (χ4v) is 24.2. The molecule has 147 heavy (non-hydrogen) atoms. The fraction of sp³-hybridized carbons (Fsp3) is 0.385. The van der Waals surface area contributed by atoms with E-state index in [1.807, 2.05) is 84.0 Å². The van der Waals surface area contributed by atoms with Gasteiger partial charge < -0.3 is 52.7 Å². The molecule has 0 bridgehead atoms. The number of methoxy groups -OCH3 is 6. The third kappa shape index (κ3) is 25.9. The fourth-order valence-electron chi connectivity index (χ4n) is 19.0. The molecule has 17 rings (SSSR count). The summed E-state index contributed by atoms with van der Waals surface area (Å²) in [7, 11) is 8.34. The Morgan fingerprint density at radius 3 is 0.939 bits per heavy atom. The lowest BCUT2D eigenvalue weighted by Crippen LogP contribution is -2.40. The van der Waals surface area contributed by atoms with Crippen LogP contribution in [0.4, 0.5) is 14.4 Å². The molecule has 15 aromatic rings. The van der Waals surface area contributed by atoms with Gasteiger partial charge in [0, 0.05) is 73.5 Å². The summed E-state index contributed by atoms with van der Waals surface area (Å²) in [5, 5.41) is 23.4. The highest BCUT2D eigenvalue weighted by Gasteiger charge is 2.37. The molecule has 2 saturated carbocycles. The highest BCUT2D eigenvalue weighted by Crippen LogP contribution is 2.58. The van der Waals surface area contributed by atoms with Gasteiger partial charge in [0.1, 0.15) is 51.3 Å². The number of hydrogen-bond acceptors (Lipinski definition) is 18. The molecule has 7 heterocycles. The predicted octanol–water partition coefficient (Wildman–Crippen LogP) is 31.2. The van der Waals surface area contributed by atoms with Crippen molar-refractivity contribution in [3.63, 3.8) is 0 Å². The SMILES string of the molecule is C.CC(C)(C)OC(=O)n1cccc1B(O)O.COc1c(-c2ccc3ccc4ccc(-c5cc(C(C)(C)C)cc(-c6cccn6C(=O)OC(C)(C)C)c5OC)nc4c3n2)cc(C(C)(C)C)cc1-c1cccn1C(=O)OC(C)(C)C.COc1c(Br)cc(C(C)(C)C)cc1-c1ccc2ccc3ccc(-c4cc(C(C)(C)C)cc(Br)c4OC)nc3c2n1.COc1cccc(OC)c1-c1ccccc1P(C1CCCCC1)C1CCCCC1. The van der Waals surface area contributed by atoms with Crippen LogP contribution >= 0.6 is 39.8 Å². The van der Waals surface area contributed by atoms with Crippen molar-refractivity contribution in [1.29, 1.82) is 0 Å². The molecule has 8 aromatic carbocycles. The number of carbonyl (C=O) groups is 3. The van der Waals surface area contributed by atoms with Crippen LogP contribution in [-0.2, 0) is 35.9 Å². The van der Waals surface area contributed by atoms with E-state index in [0.717, 1.165) is 142 Å². The molecular formula is C122H145BBr2N7O14P. The molecule has 0 saturated heterocycles. The van der Waals surface area contributed by atoms with Crippen molar-refractivity contribution in [2.75, 3.05) is 42.7 Å². The van der Waals surface area contributed by atoms with Gasteiger partial charge in [0.05, 0.1) is 119 Å². The van der Waals surface area contributed by atoms with E-state index < -0.39 is 42.2 Å². The highest BCUT2D eigenvalue weighted by atomic mass is 79.9. The van der Waals surface area contributed by atoms with E-state index in [0.29, 0.717) is 45.3 Å². The maximum absolute atomic E-state index is 13.5. The van der Waals surface area contributed by atoms with Gasteiger partial charge in [-0.2, -0.15) is 0 Å². The lowest BCUT2D eigenvalue weighted by molar-refractivity contribution is 0.0528. The van der Waals surface area contributed by atoms with Gasteiger partial charge in [-0.3, -0.25) is 13.7 Å². The lowest BCUT2D eigenvalue weighted by atomic mass is 9.83. The summed E-state index contributed by atoms with van der Waals surface area (Å²) in [5.41, 5.74) is 18.7. The van der Waals surface area contributed by atoms with Crippen LogP contribution in [0, 0.1) is 0 Å². The van der Waals surface area contributed by atoms with Crippen molar-refractivity contribution in [3.05, 3.63) is 250 Å². The number of carbonyl (C=O) groups excluding carboxylic acids is 3. The van der Waals surface area contributed by atoms with Crippen molar-refractivity contribution in [2.45, 2.75) is 267 Å². The number of hydrogen-bond donors (Lipinski definition) is 2. The van der Waals surface area contributed by atoms with Crippen molar-refractivity contribution in [3.8, 4) is 113 Å². The quantitative estimate of drug-likeness (QED) is 0.0373. The van der Waals surface area contributed by atoms with E-state index in [1.165, 1.54) is 102 Å². The van der Waals surface area contributed by atoms with E-state index in [4.69, 9.17) is 72.6 Å². The molecule has 2 aliphatic carbocycles. The van der Waals surface area contributed by atoms with E-state index >= 15 is 0 Å². The molecule has 25 heteroatoms. The Labute approximate surface area is 886 Å².